The molecule has 11 nitrogen and oxygen atoms in total. The average molecular weight is 726 g/mol. The summed E-state index contributed by atoms with van der Waals surface area (Å²) in [5.74, 6) is -1.39. The molecule has 0 radical (unpaired) electrons. The van der Waals surface area contributed by atoms with Gasteiger partial charge in [-0.25, -0.2) is 9.78 Å². The van der Waals surface area contributed by atoms with Gasteiger partial charge in [-0.1, -0.05) is 55.3 Å². The number of amides is 2. The Morgan fingerprint density at radius 2 is 1.83 bits per heavy atom. The lowest BCUT2D eigenvalue weighted by Crippen LogP contribution is -2.54. The Labute approximate surface area is 311 Å². The first-order valence-electron chi connectivity index (χ1n) is 18.8. The van der Waals surface area contributed by atoms with Gasteiger partial charge in [0, 0.05) is 41.3 Å². The minimum Gasteiger partial charge on any atom is -0.497 e. The second-order valence-corrected chi connectivity index (χ2v) is 15.3. The Morgan fingerprint density at radius 3 is 2.57 bits per heavy atom. The molecule has 6 rings (SSSR count). The second kappa shape index (κ2) is 16.0. The monoisotopic (exact) mass is 725 g/mol. The molecule has 0 bridgehead atoms. The third kappa shape index (κ3) is 8.83. The zero-order valence-corrected chi connectivity index (χ0v) is 31.4. The Morgan fingerprint density at radius 1 is 1.04 bits per heavy atom. The van der Waals surface area contributed by atoms with Gasteiger partial charge < -0.3 is 29.2 Å². The zero-order valence-electron chi connectivity index (χ0n) is 31.4. The summed E-state index contributed by atoms with van der Waals surface area (Å²) in [7, 11) is 1.60. The Kier molecular flexibility index (Phi) is 11.4. The molecule has 1 saturated carbocycles. The van der Waals surface area contributed by atoms with Gasteiger partial charge in [0.2, 0.25) is 11.8 Å². The minimum atomic E-state index is -1.20. The van der Waals surface area contributed by atoms with E-state index in [1.54, 1.807) is 39.7 Å². The largest absolute Gasteiger partial charge is 0.497 e. The van der Waals surface area contributed by atoms with Crippen LogP contribution in [0.1, 0.15) is 79.1 Å². The van der Waals surface area contributed by atoms with E-state index in [0.717, 1.165) is 36.6 Å². The van der Waals surface area contributed by atoms with Crippen LogP contribution in [0.2, 0.25) is 0 Å². The van der Waals surface area contributed by atoms with Crippen molar-refractivity contribution in [2.24, 2.45) is 11.8 Å². The highest BCUT2D eigenvalue weighted by Gasteiger charge is 2.62. The van der Waals surface area contributed by atoms with Crippen molar-refractivity contribution >= 4 is 34.7 Å². The normalized spacial score (nSPS) is 25.6. The number of carbonyl (C=O) groups is 4. The maximum Gasteiger partial charge on any atom is 0.332 e. The number of methoxy groups -OCH3 is 1. The second-order valence-electron chi connectivity index (χ2n) is 15.3. The Hall–Kier alpha value is -4.93. The molecule has 0 unspecified atom stereocenters. The number of rotatable bonds is 8. The standard InChI is InChI=1S/C42H51N3O8/c1-6-51-40(49)42-25-29(42)18-14-9-7-8-11-17-28(21-37(46)53-41(2,3)4)39(48)45-26-31(23-35(45)38(47)44-42)52-36-24-33(27-15-12-10-13-16-27)43-34-22-30(50-5)19-20-32(34)36/h10,12-16,18-20,22,24,28-29,31,35H,6-9,11,17,21,23,25-26H2,1-5H3,(H,44,47)/b18-14-/t28-,29-,31+,35-,42-/m0/s1. The number of esters is 2. The van der Waals surface area contributed by atoms with Crippen LogP contribution in [0.5, 0.6) is 11.5 Å². The number of ether oxygens (including phenoxy) is 4. The Bertz CT molecular complexity index is 1850. The van der Waals surface area contributed by atoms with Crippen LogP contribution in [0.25, 0.3) is 22.2 Å². The first-order valence-corrected chi connectivity index (χ1v) is 18.8. The summed E-state index contributed by atoms with van der Waals surface area (Å²) in [6.07, 6.45) is 7.77. The summed E-state index contributed by atoms with van der Waals surface area (Å²) in [6.45, 7) is 7.42. The van der Waals surface area contributed by atoms with Crippen molar-refractivity contribution in [1.82, 2.24) is 15.2 Å². The number of nitrogens with one attached hydrogen (secondary N) is 1. The molecule has 1 aromatic heterocycles. The van der Waals surface area contributed by atoms with Gasteiger partial charge in [0.05, 0.1) is 37.9 Å². The highest BCUT2D eigenvalue weighted by molar-refractivity contribution is 5.96. The van der Waals surface area contributed by atoms with Crippen molar-refractivity contribution in [2.45, 2.75) is 102 Å². The average Bonchev–Trinajstić information content (AvgIpc) is 3.66. The fraction of sp³-hybridized carbons (Fsp3) is 0.500. The number of nitrogens with zero attached hydrogens (tertiary/aromatic N) is 2. The summed E-state index contributed by atoms with van der Waals surface area (Å²) in [6, 6.07) is 16.3. The van der Waals surface area contributed by atoms with E-state index < -0.39 is 47.0 Å². The molecule has 1 saturated heterocycles. The molecule has 2 aromatic carbocycles. The number of aromatic nitrogens is 1. The molecule has 53 heavy (non-hydrogen) atoms. The third-order valence-electron chi connectivity index (χ3n) is 10.2. The predicted octanol–water partition coefficient (Wildman–Crippen LogP) is 6.57. The van der Waals surface area contributed by atoms with Gasteiger partial charge in [-0.05, 0) is 65.5 Å². The maximum atomic E-state index is 14.6. The highest BCUT2D eigenvalue weighted by Crippen LogP contribution is 2.46. The highest BCUT2D eigenvalue weighted by atomic mass is 16.6. The molecule has 5 atom stereocenters. The van der Waals surface area contributed by atoms with Crippen LogP contribution in [0.15, 0.2) is 66.7 Å². The SMILES string of the molecule is CCOC(=O)[C@]12C[C@@H]1/C=C\CCCCC[C@@H](CC(=O)OC(C)(C)C)C(=O)N1C[C@H](Oc3cc(-c4ccccc4)nc4cc(OC)ccc34)C[C@H]1C(=O)N2. The molecule has 3 aromatic rings. The lowest BCUT2D eigenvalue weighted by atomic mass is 9.95. The van der Waals surface area contributed by atoms with E-state index in [4.69, 9.17) is 23.9 Å². The van der Waals surface area contributed by atoms with Gasteiger partial charge >= 0.3 is 11.9 Å². The number of hydrogen-bond donors (Lipinski definition) is 1. The van der Waals surface area contributed by atoms with Gasteiger partial charge in [-0.3, -0.25) is 14.4 Å². The summed E-state index contributed by atoms with van der Waals surface area (Å²) < 4.78 is 23.3. The molecule has 2 amide bonds. The topological polar surface area (TPSA) is 133 Å². The van der Waals surface area contributed by atoms with Crippen molar-refractivity contribution in [1.29, 1.82) is 0 Å². The van der Waals surface area contributed by atoms with Crippen LogP contribution in [-0.2, 0) is 28.7 Å². The molecular weight excluding hydrogens is 674 g/mol. The predicted molar refractivity (Wildman–Crippen MR) is 200 cm³/mol. The third-order valence-corrected chi connectivity index (χ3v) is 10.2. The number of hydrogen-bond acceptors (Lipinski definition) is 9. The van der Waals surface area contributed by atoms with Crippen LogP contribution in [0, 0.1) is 11.8 Å². The van der Waals surface area contributed by atoms with Gasteiger partial charge in [-0.15, -0.1) is 0 Å². The van der Waals surface area contributed by atoms with Crippen molar-refractivity contribution in [2.75, 3.05) is 20.3 Å². The van der Waals surface area contributed by atoms with E-state index in [0.29, 0.717) is 35.6 Å². The first kappa shape index (κ1) is 37.8. The summed E-state index contributed by atoms with van der Waals surface area (Å²) in [5, 5.41) is 3.78. The van der Waals surface area contributed by atoms with E-state index in [1.807, 2.05) is 60.7 Å². The number of pyridine rings is 1. The van der Waals surface area contributed by atoms with Crippen LogP contribution >= 0.6 is 0 Å². The van der Waals surface area contributed by atoms with E-state index >= 15 is 0 Å². The number of benzene rings is 2. The summed E-state index contributed by atoms with van der Waals surface area (Å²) >= 11 is 0. The number of carbonyl (C=O) groups excluding carboxylic acids is 4. The van der Waals surface area contributed by atoms with Gasteiger partial charge in [0.25, 0.3) is 0 Å². The molecule has 1 N–H and O–H groups in total. The fourth-order valence-electron chi connectivity index (χ4n) is 7.45. The Balaban J connectivity index is 1.35. The van der Waals surface area contributed by atoms with Crippen molar-refractivity contribution in [3.8, 4) is 22.8 Å². The zero-order chi connectivity index (χ0) is 37.8. The molecule has 2 fully saturated rings. The lowest BCUT2D eigenvalue weighted by Gasteiger charge is -2.29. The van der Waals surface area contributed by atoms with E-state index in [-0.39, 0.29) is 37.8 Å². The molecule has 1 aliphatic carbocycles. The van der Waals surface area contributed by atoms with Crippen LogP contribution < -0.4 is 14.8 Å². The first-order chi connectivity index (χ1) is 25.4. The molecule has 11 heteroatoms. The molecule has 3 aliphatic rings. The fourth-order valence-corrected chi connectivity index (χ4v) is 7.45. The van der Waals surface area contributed by atoms with Crippen molar-refractivity contribution < 1.29 is 38.1 Å². The van der Waals surface area contributed by atoms with E-state index in [2.05, 4.69) is 11.4 Å². The van der Waals surface area contributed by atoms with Crippen LogP contribution in [-0.4, -0.2) is 77.2 Å². The van der Waals surface area contributed by atoms with Gasteiger partial charge in [0.15, 0.2) is 0 Å². The summed E-state index contributed by atoms with van der Waals surface area (Å²) in [4.78, 5) is 61.9. The quantitative estimate of drug-likeness (QED) is 0.202. The number of allylic oxidation sites excluding steroid dienone is 1. The van der Waals surface area contributed by atoms with Crippen LogP contribution in [0.4, 0.5) is 0 Å². The lowest BCUT2D eigenvalue weighted by molar-refractivity contribution is -0.159. The van der Waals surface area contributed by atoms with Crippen molar-refractivity contribution in [3.05, 3.63) is 66.7 Å². The summed E-state index contributed by atoms with van der Waals surface area (Å²) in [5.41, 5.74) is 0.365. The number of fused-ring (bicyclic) bond motifs is 3. The van der Waals surface area contributed by atoms with E-state index in [9.17, 15) is 19.2 Å². The molecule has 282 valence electrons. The molecule has 3 heterocycles. The molecular formula is C42H51N3O8. The van der Waals surface area contributed by atoms with Crippen LogP contribution in [0.3, 0.4) is 0 Å². The van der Waals surface area contributed by atoms with Gasteiger partial charge in [0.1, 0.15) is 34.8 Å². The van der Waals surface area contributed by atoms with Crippen molar-refractivity contribution in [3.63, 3.8) is 0 Å². The smallest absolute Gasteiger partial charge is 0.332 e. The van der Waals surface area contributed by atoms with E-state index in [1.165, 1.54) is 0 Å². The molecule has 2 aliphatic heterocycles. The minimum absolute atomic E-state index is 0.0987. The maximum absolute atomic E-state index is 14.6. The van der Waals surface area contributed by atoms with Gasteiger partial charge in [-0.2, -0.15) is 0 Å². The molecule has 0 spiro atoms.